The number of aryl methyl sites for hydroxylation is 1. The van der Waals surface area contributed by atoms with Gasteiger partial charge in [0.1, 0.15) is 5.82 Å². The molecule has 2 nitrogen and oxygen atoms in total. The molecule has 1 aromatic heterocycles. The Kier molecular flexibility index (Phi) is 4.46. The molecule has 3 rings (SSSR count). The predicted molar refractivity (Wildman–Crippen MR) is 93.2 cm³/mol. The molecule has 0 saturated heterocycles. The van der Waals surface area contributed by atoms with Gasteiger partial charge in [-0.3, -0.25) is 4.57 Å². The summed E-state index contributed by atoms with van der Waals surface area (Å²) < 4.78 is 2.92. The van der Waals surface area contributed by atoms with Gasteiger partial charge in [-0.2, -0.15) is 0 Å². The summed E-state index contributed by atoms with van der Waals surface area (Å²) in [6, 6.07) is 11.3. The number of hydrogen-bond donors (Lipinski definition) is 0. The molecular weight excluding hydrogens is 394 g/mol. The molecule has 0 spiro atoms. The number of rotatable bonds is 3. The average molecular weight is 405 g/mol. The molecule has 2 aromatic carbocycles. The van der Waals surface area contributed by atoms with Crippen LogP contribution in [0.1, 0.15) is 5.82 Å². The van der Waals surface area contributed by atoms with Gasteiger partial charge in [-0.25, -0.2) is 4.98 Å². The molecule has 0 N–H and O–H groups in total. The molecule has 0 aliphatic heterocycles. The number of alkyl halides is 1. The smallest absolute Gasteiger partial charge is 0.115 e. The highest BCUT2D eigenvalue weighted by Crippen LogP contribution is 2.32. The van der Waals surface area contributed by atoms with E-state index in [1.54, 1.807) is 0 Å². The van der Waals surface area contributed by atoms with Crippen LogP contribution in [-0.2, 0) is 6.42 Å². The van der Waals surface area contributed by atoms with Crippen LogP contribution < -0.4 is 0 Å². The lowest BCUT2D eigenvalue weighted by Crippen LogP contribution is -2.03. The van der Waals surface area contributed by atoms with Gasteiger partial charge in [0.15, 0.2) is 0 Å². The van der Waals surface area contributed by atoms with Crippen LogP contribution in [0.4, 0.5) is 0 Å². The molecule has 21 heavy (non-hydrogen) atoms. The largest absolute Gasteiger partial charge is 0.293 e. The van der Waals surface area contributed by atoms with Crippen molar-refractivity contribution in [2.24, 2.45) is 0 Å². The van der Waals surface area contributed by atoms with Crippen molar-refractivity contribution in [1.82, 2.24) is 9.55 Å². The van der Waals surface area contributed by atoms with Gasteiger partial charge in [0.25, 0.3) is 0 Å². The minimum absolute atomic E-state index is 0.479. The maximum Gasteiger partial charge on any atom is 0.115 e. The first-order valence-corrected chi connectivity index (χ1v) is 8.37. The van der Waals surface area contributed by atoms with Gasteiger partial charge in [0.05, 0.1) is 26.8 Å². The minimum atomic E-state index is 0.479. The van der Waals surface area contributed by atoms with E-state index in [0.29, 0.717) is 22.3 Å². The van der Waals surface area contributed by atoms with E-state index in [9.17, 15) is 0 Å². The average Bonchev–Trinajstić information content (AvgIpc) is 2.81. The van der Waals surface area contributed by atoms with Crippen LogP contribution in [0.25, 0.3) is 16.7 Å². The van der Waals surface area contributed by atoms with Crippen LogP contribution in [0.5, 0.6) is 0 Å². The second kappa shape index (κ2) is 6.17. The fourth-order valence-electron chi connectivity index (χ4n) is 2.30. The first kappa shape index (κ1) is 15.2. The van der Waals surface area contributed by atoms with E-state index in [0.717, 1.165) is 27.0 Å². The minimum Gasteiger partial charge on any atom is -0.293 e. The Morgan fingerprint density at radius 3 is 2.67 bits per heavy atom. The number of fused-ring (bicyclic) bond motifs is 1. The number of nitrogens with zero attached hydrogens (tertiary/aromatic N) is 2. The molecule has 0 atom stereocenters. The molecule has 1 heterocycles. The molecule has 108 valence electrons. The van der Waals surface area contributed by atoms with Crippen LogP contribution >= 0.6 is 50.7 Å². The summed E-state index contributed by atoms with van der Waals surface area (Å²) in [6.07, 6.45) is 0.634. The second-order valence-electron chi connectivity index (χ2n) is 4.51. The fraction of sp³-hybridized carbons (Fsp3) is 0.133. The highest BCUT2D eigenvalue weighted by molar-refractivity contribution is 9.10. The topological polar surface area (TPSA) is 17.8 Å². The highest BCUT2D eigenvalue weighted by Gasteiger charge is 2.16. The second-order valence-corrected chi connectivity index (χ2v) is 6.61. The van der Waals surface area contributed by atoms with Crippen LogP contribution in [0.3, 0.4) is 0 Å². The molecule has 0 saturated carbocycles. The van der Waals surface area contributed by atoms with E-state index in [1.807, 2.05) is 41.0 Å². The molecular formula is C15H10BrCl3N2. The summed E-state index contributed by atoms with van der Waals surface area (Å²) in [7, 11) is 0. The SMILES string of the molecule is ClCCc1nc2cccc(Cl)c2n1-c1cc(Br)ccc1Cl. The number of halogens is 4. The van der Waals surface area contributed by atoms with E-state index < -0.39 is 0 Å². The molecule has 0 fully saturated rings. The third kappa shape index (κ3) is 2.80. The summed E-state index contributed by atoms with van der Waals surface area (Å²) in [6.45, 7) is 0. The first-order valence-electron chi connectivity index (χ1n) is 6.29. The van der Waals surface area contributed by atoms with Crippen molar-refractivity contribution in [2.45, 2.75) is 6.42 Å². The molecule has 0 unspecified atom stereocenters. The van der Waals surface area contributed by atoms with E-state index in [2.05, 4.69) is 20.9 Å². The quantitative estimate of drug-likeness (QED) is 0.499. The van der Waals surface area contributed by atoms with Gasteiger partial charge in [-0.15, -0.1) is 11.6 Å². The van der Waals surface area contributed by atoms with Crippen molar-refractivity contribution in [1.29, 1.82) is 0 Å². The maximum absolute atomic E-state index is 6.37. The van der Waals surface area contributed by atoms with Crippen LogP contribution in [0.2, 0.25) is 10.0 Å². The van der Waals surface area contributed by atoms with E-state index in [-0.39, 0.29) is 0 Å². The fourth-order valence-corrected chi connectivity index (χ4v) is 3.28. The van der Waals surface area contributed by atoms with Crippen LogP contribution in [-0.4, -0.2) is 15.4 Å². The zero-order valence-electron chi connectivity index (χ0n) is 10.8. The van der Waals surface area contributed by atoms with Crippen LogP contribution in [0.15, 0.2) is 40.9 Å². The number of hydrogen-bond acceptors (Lipinski definition) is 1. The standard InChI is InChI=1S/C15H10BrCl3N2/c16-9-4-5-10(18)13(8-9)21-14(6-7-17)20-12-3-1-2-11(19)15(12)21/h1-5,8H,6-7H2. The number of benzene rings is 2. The Bertz CT molecular complexity index is 814. The lowest BCUT2D eigenvalue weighted by atomic mass is 10.2. The Morgan fingerprint density at radius 1 is 1.10 bits per heavy atom. The summed E-state index contributed by atoms with van der Waals surface area (Å²) in [5.41, 5.74) is 2.51. The maximum atomic E-state index is 6.37. The normalized spacial score (nSPS) is 11.2. The Labute approximate surface area is 145 Å². The molecule has 0 radical (unpaired) electrons. The predicted octanol–water partition coefficient (Wildman–Crippen LogP) is 5.88. The molecule has 0 aliphatic carbocycles. The number of para-hydroxylation sites is 1. The van der Waals surface area contributed by atoms with E-state index >= 15 is 0 Å². The lowest BCUT2D eigenvalue weighted by molar-refractivity contribution is 0.912. The molecule has 0 aliphatic rings. The molecule has 3 aromatic rings. The molecule has 0 amide bonds. The summed E-state index contributed by atoms with van der Waals surface area (Å²) in [4.78, 5) is 4.63. The van der Waals surface area contributed by atoms with Crippen molar-refractivity contribution in [3.8, 4) is 5.69 Å². The third-order valence-electron chi connectivity index (χ3n) is 3.16. The van der Waals surface area contributed by atoms with Crippen LogP contribution in [0, 0.1) is 0 Å². The van der Waals surface area contributed by atoms with Gasteiger partial charge in [-0.1, -0.05) is 45.2 Å². The van der Waals surface area contributed by atoms with Gasteiger partial charge in [-0.05, 0) is 30.3 Å². The van der Waals surface area contributed by atoms with Gasteiger partial charge in [0.2, 0.25) is 0 Å². The monoisotopic (exact) mass is 402 g/mol. The zero-order chi connectivity index (χ0) is 15.0. The van der Waals surface area contributed by atoms with Gasteiger partial charge in [0, 0.05) is 16.8 Å². The van der Waals surface area contributed by atoms with Crippen molar-refractivity contribution in [3.63, 3.8) is 0 Å². The van der Waals surface area contributed by atoms with E-state index in [1.165, 1.54) is 0 Å². The van der Waals surface area contributed by atoms with Gasteiger partial charge >= 0.3 is 0 Å². The number of aromatic nitrogens is 2. The summed E-state index contributed by atoms with van der Waals surface area (Å²) in [5, 5.41) is 1.27. The molecule has 0 bridgehead atoms. The first-order chi connectivity index (χ1) is 10.1. The zero-order valence-corrected chi connectivity index (χ0v) is 14.6. The Hall–Kier alpha value is -0.740. The number of imidazole rings is 1. The van der Waals surface area contributed by atoms with Crippen molar-refractivity contribution < 1.29 is 0 Å². The van der Waals surface area contributed by atoms with Crippen molar-refractivity contribution in [3.05, 3.63) is 56.7 Å². The van der Waals surface area contributed by atoms with E-state index in [4.69, 9.17) is 34.8 Å². The third-order valence-corrected chi connectivity index (χ3v) is 4.47. The van der Waals surface area contributed by atoms with Crippen molar-refractivity contribution >= 4 is 61.8 Å². The lowest BCUT2D eigenvalue weighted by Gasteiger charge is -2.12. The Balaban J connectivity index is 2.38. The summed E-state index contributed by atoms with van der Waals surface area (Å²) in [5.74, 6) is 1.32. The molecule has 6 heteroatoms. The summed E-state index contributed by atoms with van der Waals surface area (Å²) >= 11 is 22.1. The van der Waals surface area contributed by atoms with Gasteiger partial charge < -0.3 is 0 Å². The Morgan fingerprint density at radius 2 is 1.90 bits per heavy atom. The highest BCUT2D eigenvalue weighted by atomic mass is 79.9. The van der Waals surface area contributed by atoms with Crippen molar-refractivity contribution in [2.75, 3.05) is 5.88 Å².